The van der Waals surface area contributed by atoms with Gasteiger partial charge in [-0.05, 0) is 56.4 Å². The molecule has 0 aromatic carbocycles. The van der Waals surface area contributed by atoms with E-state index < -0.39 is 0 Å². The van der Waals surface area contributed by atoms with E-state index in [1.54, 1.807) is 19.3 Å². The number of carbonyl (C=O) groups is 2. The SMILES string of the molecule is CC1=C(N2C(=O)C3(CCC(NCCc4cnc(-n5cnnn5)cn4)CC3)CC2C)COC1=O. The lowest BCUT2D eigenvalue weighted by Gasteiger charge is -2.36. The van der Waals surface area contributed by atoms with E-state index in [-0.39, 0.29) is 29.9 Å². The zero-order valence-corrected chi connectivity index (χ0v) is 18.9. The van der Waals surface area contributed by atoms with E-state index in [0.717, 1.165) is 56.5 Å². The van der Waals surface area contributed by atoms with Gasteiger partial charge in [-0.1, -0.05) is 0 Å². The minimum absolute atomic E-state index is 0.0938. The summed E-state index contributed by atoms with van der Waals surface area (Å²) < 4.78 is 6.62. The lowest BCUT2D eigenvalue weighted by atomic mass is 9.70. The van der Waals surface area contributed by atoms with Crippen LogP contribution in [-0.2, 0) is 20.7 Å². The second-order valence-corrected chi connectivity index (χ2v) is 9.26. The molecular formula is C22H28N8O3. The average Bonchev–Trinajstić information content (AvgIpc) is 3.52. The summed E-state index contributed by atoms with van der Waals surface area (Å²) in [7, 11) is 0. The number of carbonyl (C=O) groups excluding carboxylic acids is 2. The first-order valence-electron chi connectivity index (χ1n) is 11.4. The van der Waals surface area contributed by atoms with Crippen molar-refractivity contribution in [2.45, 2.75) is 64.5 Å². The van der Waals surface area contributed by atoms with Gasteiger partial charge in [0, 0.05) is 25.0 Å². The number of tetrazole rings is 1. The predicted octanol–water partition coefficient (Wildman–Crippen LogP) is 0.965. The maximum atomic E-state index is 13.4. The molecule has 0 radical (unpaired) electrons. The van der Waals surface area contributed by atoms with Crippen molar-refractivity contribution in [3.8, 4) is 5.82 Å². The van der Waals surface area contributed by atoms with Gasteiger partial charge in [0.15, 0.2) is 5.82 Å². The highest BCUT2D eigenvalue weighted by atomic mass is 16.5. The number of hydrogen-bond donors (Lipinski definition) is 1. The molecule has 2 aromatic heterocycles. The van der Waals surface area contributed by atoms with Gasteiger partial charge >= 0.3 is 5.97 Å². The Hall–Kier alpha value is -3.21. The molecule has 3 aliphatic rings. The van der Waals surface area contributed by atoms with Crippen molar-refractivity contribution in [3.05, 3.63) is 35.7 Å². The number of cyclic esters (lactones) is 1. The number of amides is 1. The molecule has 11 nitrogen and oxygen atoms in total. The fraction of sp³-hybridized carbons (Fsp3) is 0.591. The fourth-order valence-corrected chi connectivity index (χ4v) is 5.37. The van der Waals surface area contributed by atoms with Crippen molar-refractivity contribution in [2.75, 3.05) is 13.2 Å². The van der Waals surface area contributed by atoms with Crippen molar-refractivity contribution in [3.63, 3.8) is 0 Å². The van der Waals surface area contributed by atoms with Gasteiger partial charge in [0.1, 0.15) is 12.9 Å². The highest BCUT2D eigenvalue weighted by Crippen LogP contribution is 2.49. The molecule has 2 fully saturated rings. The molecular weight excluding hydrogens is 424 g/mol. The van der Waals surface area contributed by atoms with E-state index in [9.17, 15) is 9.59 Å². The van der Waals surface area contributed by atoms with Crippen LogP contribution in [0, 0.1) is 5.41 Å². The number of hydrogen-bond acceptors (Lipinski definition) is 9. The number of rotatable bonds is 6. The summed E-state index contributed by atoms with van der Waals surface area (Å²) in [5, 5.41) is 14.6. The van der Waals surface area contributed by atoms with Crippen LogP contribution in [0.2, 0.25) is 0 Å². The van der Waals surface area contributed by atoms with E-state index in [2.05, 4.69) is 37.7 Å². The van der Waals surface area contributed by atoms with Crippen LogP contribution in [0.3, 0.4) is 0 Å². The van der Waals surface area contributed by atoms with Gasteiger partial charge in [0.25, 0.3) is 0 Å². The summed E-state index contributed by atoms with van der Waals surface area (Å²) in [6.07, 6.45) is 10.2. The third kappa shape index (κ3) is 4.01. The third-order valence-electron chi connectivity index (χ3n) is 7.20. The monoisotopic (exact) mass is 452 g/mol. The molecule has 4 heterocycles. The normalized spacial score (nSPS) is 27.6. The summed E-state index contributed by atoms with van der Waals surface area (Å²) >= 11 is 0. The minimum atomic E-state index is -0.311. The van der Waals surface area contributed by atoms with Gasteiger partial charge in [-0.25, -0.2) is 9.78 Å². The van der Waals surface area contributed by atoms with Gasteiger partial charge in [-0.3, -0.25) is 9.78 Å². The van der Waals surface area contributed by atoms with Crippen LogP contribution in [-0.4, -0.2) is 72.2 Å². The van der Waals surface area contributed by atoms with Gasteiger partial charge in [0.2, 0.25) is 5.91 Å². The molecule has 1 N–H and O–H groups in total. The molecule has 1 unspecified atom stereocenters. The van der Waals surface area contributed by atoms with Gasteiger partial charge in [0.05, 0.1) is 34.8 Å². The smallest absolute Gasteiger partial charge is 0.336 e. The summed E-state index contributed by atoms with van der Waals surface area (Å²) in [6, 6.07) is 0.481. The van der Waals surface area contributed by atoms with Crippen molar-refractivity contribution in [1.82, 2.24) is 40.4 Å². The van der Waals surface area contributed by atoms with Crippen LogP contribution < -0.4 is 5.32 Å². The Morgan fingerprint density at radius 3 is 2.67 bits per heavy atom. The molecule has 174 valence electrons. The molecule has 2 aromatic rings. The second-order valence-electron chi connectivity index (χ2n) is 9.26. The highest BCUT2D eigenvalue weighted by Gasteiger charge is 2.53. The summed E-state index contributed by atoms with van der Waals surface area (Å²) in [6.45, 7) is 4.84. The summed E-state index contributed by atoms with van der Waals surface area (Å²) in [4.78, 5) is 35.9. The molecule has 1 spiro atoms. The Labute approximate surface area is 191 Å². The summed E-state index contributed by atoms with van der Waals surface area (Å²) in [5.41, 5.74) is 1.91. The van der Waals surface area contributed by atoms with Crippen LogP contribution in [0.5, 0.6) is 0 Å². The predicted molar refractivity (Wildman–Crippen MR) is 116 cm³/mol. The maximum Gasteiger partial charge on any atom is 0.336 e. The number of nitrogens with zero attached hydrogens (tertiary/aromatic N) is 7. The first-order valence-corrected chi connectivity index (χ1v) is 11.4. The number of esters is 1. The lowest BCUT2D eigenvalue weighted by molar-refractivity contribution is -0.138. The van der Waals surface area contributed by atoms with Crippen LogP contribution in [0.1, 0.15) is 51.6 Å². The van der Waals surface area contributed by atoms with Crippen molar-refractivity contribution in [2.24, 2.45) is 5.41 Å². The van der Waals surface area contributed by atoms with E-state index in [1.165, 1.54) is 11.0 Å². The van der Waals surface area contributed by atoms with Crippen LogP contribution in [0.25, 0.3) is 5.82 Å². The van der Waals surface area contributed by atoms with E-state index in [0.29, 0.717) is 17.4 Å². The van der Waals surface area contributed by atoms with Crippen molar-refractivity contribution >= 4 is 11.9 Å². The zero-order chi connectivity index (χ0) is 23.0. The third-order valence-corrected chi connectivity index (χ3v) is 7.20. The molecule has 2 aliphatic heterocycles. The molecule has 0 bridgehead atoms. The standard InChI is InChI=1S/C22H28N8O3/c1-14-9-22(21(32)30(14)18-12-33-20(31)15(18)2)6-3-16(4-7-22)23-8-5-17-10-25-19(11-24-17)29-13-26-27-28-29/h10-11,13-14,16,23H,3-9,12H2,1-2H3. The topological polar surface area (TPSA) is 128 Å². The van der Waals surface area contributed by atoms with Crippen molar-refractivity contribution in [1.29, 1.82) is 0 Å². The molecule has 5 rings (SSSR count). The molecule has 1 amide bonds. The van der Waals surface area contributed by atoms with Crippen LogP contribution in [0.15, 0.2) is 30.0 Å². The van der Waals surface area contributed by atoms with Crippen molar-refractivity contribution < 1.29 is 14.3 Å². The number of ether oxygens (including phenoxy) is 1. The Morgan fingerprint density at radius 2 is 2.03 bits per heavy atom. The summed E-state index contributed by atoms with van der Waals surface area (Å²) in [5.74, 6) is 0.436. The van der Waals surface area contributed by atoms with E-state index >= 15 is 0 Å². The number of aromatic nitrogens is 6. The molecule has 1 aliphatic carbocycles. The Kier molecular flexibility index (Phi) is 5.65. The Balaban J connectivity index is 1.12. The van der Waals surface area contributed by atoms with Crippen LogP contribution in [0.4, 0.5) is 0 Å². The maximum absolute atomic E-state index is 13.4. The Bertz CT molecular complexity index is 1060. The van der Waals surface area contributed by atoms with E-state index in [4.69, 9.17) is 4.74 Å². The quantitative estimate of drug-likeness (QED) is 0.637. The average molecular weight is 453 g/mol. The fourth-order valence-electron chi connectivity index (χ4n) is 5.37. The minimum Gasteiger partial charge on any atom is -0.456 e. The van der Waals surface area contributed by atoms with Gasteiger partial charge in [-0.15, -0.1) is 5.10 Å². The molecule has 1 saturated heterocycles. The lowest BCUT2D eigenvalue weighted by Crippen LogP contribution is -2.42. The largest absolute Gasteiger partial charge is 0.456 e. The Morgan fingerprint density at radius 1 is 1.21 bits per heavy atom. The highest BCUT2D eigenvalue weighted by molar-refractivity contribution is 5.94. The van der Waals surface area contributed by atoms with Gasteiger partial charge in [-0.2, -0.15) is 4.68 Å². The van der Waals surface area contributed by atoms with Gasteiger partial charge < -0.3 is 15.0 Å². The molecule has 1 atom stereocenters. The zero-order valence-electron chi connectivity index (χ0n) is 18.9. The molecule has 11 heteroatoms. The second kappa shape index (κ2) is 8.62. The van der Waals surface area contributed by atoms with E-state index in [1.807, 2.05) is 4.90 Å². The molecule has 1 saturated carbocycles. The first-order chi connectivity index (χ1) is 16.0. The first kappa shape index (κ1) is 21.6. The van der Waals surface area contributed by atoms with Crippen LogP contribution >= 0.6 is 0 Å². The number of nitrogens with one attached hydrogen (secondary N) is 1. The molecule has 33 heavy (non-hydrogen) atoms. The number of likely N-dealkylation sites (tertiary alicyclic amines) is 1.